The molecule has 0 aliphatic carbocycles. The number of anilines is 1. The summed E-state index contributed by atoms with van der Waals surface area (Å²) in [5.74, 6) is -0.0955. The molecule has 0 saturated carbocycles. The van der Waals surface area contributed by atoms with Gasteiger partial charge in [0.15, 0.2) is 5.69 Å². The fourth-order valence-electron chi connectivity index (χ4n) is 1.50. The molecule has 0 aliphatic heterocycles. The maximum Gasteiger partial charge on any atom is 0.276 e. The van der Waals surface area contributed by atoms with Crippen molar-refractivity contribution in [3.8, 4) is 0 Å². The Hall–Kier alpha value is -1.52. The predicted molar refractivity (Wildman–Crippen MR) is 64.3 cm³/mol. The van der Waals surface area contributed by atoms with Crippen LogP contribution in [0.15, 0.2) is 6.20 Å². The summed E-state index contributed by atoms with van der Waals surface area (Å²) in [5, 5.41) is 4.23. The van der Waals surface area contributed by atoms with Crippen molar-refractivity contribution in [2.24, 2.45) is 0 Å². The standard InChI is InChI=1S/C11H20N4O/c1-5-14(6-2)11(16)10-9(12)7-15(13-10)8(3)4/h7-8H,5-6,12H2,1-4H3. The first-order chi connectivity index (χ1) is 7.51. The molecule has 16 heavy (non-hydrogen) atoms. The van der Waals surface area contributed by atoms with Crippen molar-refractivity contribution < 1.29 is 4.79 Å². The fraction of sp³-hybridized carbons (Fsp3) is 0.636. The van der Waals surface area contributed by atoms with E-state index in [0.717, 1.165) is 0 Å². The van der Waals surface area contributed by atoms with Crippen LogP contribution < -0.4 is 5.73 Å². The van der Waals surface area contributed by atoms with Gasteiger partial charge in [0.05, 0.1) is 5.69 Å². The van der Waals surface area contributed by atoms with Gasteiger partial charge in [0, 0.05) is 25.3 Å². The van der Waals surface area contributed by atoms with E-state index >= 15 is 0 Å². The van der Waals surface area contributed by atoms with Gasteiger partial charge in [-0.25, -0.2) is 0 Å². The summed E-state index contributed by atoms with van der Waals surface area (Å²) < 4.78 is 1.71. The predicted octanol–water partition coefficient (Wildman–Crippen LogP) is 1.53. The van der Waals surface area contributed by atoms with E-state index in [0.29, 0.717) is 24.5 Å². The zero-order valence-electron chi connectivity index (χ0n) is 10.4. The lowest BCUT2D eigenvalue weighted by atomic mass is 10.3. The Bertz CT molecular complexity index is 366. The number of hydrogen-bond acceptors (Lipinski definition) is 3. The molecule has 1 amide bonds. The van der Waals surface area contributed by atoms with Gasteiger partial charge in [-0.2, -0.15) is 5.10 Å². The van der Waals surface area contributed by atoms with Gasteiger partial charge in [0.25, 0.3) is 5.91 Å². The van der Waals surface area contributed by atoms with Gasteiger partial charge >= 0.3 is 0 Å². The number of nitrogens with zero attached hydrogens (tertiary/aromatic N) is 3. The molecule has 0 saturated heterocycles. The summed E-state index contributed by atoms with van der Waals surface area (Å²) in [6.07, 6.45) is 1.71. The van der Waals surface area contributed by atoms with E-state index in [1.165, 1.54) is 0 Å². The van der Waals surface area contributed by atoms with E-state index < -0.39 is 0 Å². The van der Waals surface area contributed by atoms with Crippen molar-refractivity contribution in [3.05, 3.63) is 11.9 Å². The highest BCUT2D eigenvalue weighted by Crippen LogP contribution is 2.15. The second-order valence-corrected chi connectivity index (χ2v) is 3.98. The Morgan fingerprint density at radius 3 is 2.44 bits per heavy atom. The van der Waals surface area contributed by atoms with Crippen molar-refractivity contribution in [3.63, 3.8) is 0 Å². The van der Waals surface area contributed by atoms with E-state index in [2.05, 4.69) is 5.10 Å². The highest BCUT2D eigenvalue weighted by molar-refractivity contribution is 5.97. The minimum Gasteiger partial charge on any atom is -0.396 e. The van der Waals surface area contributed by atoms with Crippen LogP contribution in [-0.4, -0.2) is 33.7 Å². The van der Waals surface area contributed by atoms with Crippen LogP contribution in [0.3, 0.4) is 0 Å². The second-order valence-electron chi connectivity index (χ2n) is 3.98. The van der Waals surface area contributed by atoms with E-state index in [4.69, 9.17) is 5.73 Å². The maximum atomic E-state index is 12.0. The third-order valence-electron chi connectivity index (χ3n) is 2.54. The van der Waals surface area contributed by atoms with Crippen LogP contribution in [0.1, 0.15) is 44.2 Å². The number of nitrogens with two attached hydrogens (primary N) is 1. The first-order valence-corrected chi connectivity index (χ1v) is 5.65. The number of hydrogen-bond donors (Lipinski definition) is 1. The number of aromatic nitrogens is 2. The number of rotatable bonds is 4. The topological polar surface area (TPSA) is 64.2 Å². The van der Waals surface area contributed by atoms with E-state index in [-0.39, 0.29) is 11.9 Å². The van der Waals surface area contributed by atoms with Gasteiger partial charge in [0.2, 0.25) is 0 Å². The fourth-order valence-corrected chi connectivity index (χ4v) is 1.50. The summed E-state index contributed by atoms with van der Waals surface area (Å²) in [7, 11) is 0. The average Bonchev–Trinajstić information content (AvgIpc) is 2.62. The zero-order chi connectivity index (χ0) is 12.3. The Labute approximate surface area is 96.2 Å². The third kappa shape index (κ3) is 2.35. The van der Waals surface area contributed by atoms with Crippen molar-refractivity contribution >= 4 is 11.6 Å². The monoisotopic (exact) mass is 224 g/mol. The van der Waals surface area contributed by atoms with Crippen molar-refractivity contribution in [1.82, 2.24) is 14.7 Å². The number of carbonyl (C=O) groups excluding carboxylic acids is 1. The van der Waals surface area contributed by atoms with Crippen molar-refractivity contribution in [1.29, 1.82) is 0 Å². The maximum absolute atomic E-state index is 12.0. The molecule has 0 aliphatic rings. The minimum absolute atomic E-state index is 0.0955. The quantitative estimate of drug-likeness (QED) is 0.843. The summed E-state index contributed by atoms with van der Waals surface area (Å²) in [6.45, 7) is 9.22. The van der Waals surface area contributed by atoms with Crippen LogP contribution in [0.5, 0.6) is 0 Å². The van der Waals surface area contributed by atoms with Gasteiger partial charge in [-0.15, -0.1) is 0 Å². The van der Waals surface area contributed by atoms with E-state index in [1.54, 1.807) is 15.8 Å². The Morgan fingerprint density at radius 1 is 1.50 bits per heavy atom. The molecule has 0 spiro atoms. The highest BCUT2D eigenvalue weighted by Gasteiger charge is 2.19. The first kappa shape index (κ1) is 12.5. The van der Waals surface area contributed by atoms with Crippen LogP contribution in [0, 0.1) is 0 Å². The Balaban J connectivity index is 2.99. The molecule has 1 rings (SSSR count). The number of carbonyl (C=O) groups is 1. The molecular weight excluding hydrogens is 204 g/mol. The SMILES string of the molecule is CCN(CC)C(=O)c1nn(C(C)C)cc1N. The molecule has 90 valence electrons. The van der Waals surface area contributed by atoms with Crippen LogP contribution >= 0.6 is 0 Å². The molecule has 1 aromatic heterocycles. The summed E-state index contributed by atoms with van der Waals surface area (Å²) in [6, 6.07) is 0.209. The molecule has 0 atom stereocenters. The second kappa shape index (κ2) is 5.01. The Morgan fingerprint density at radius 2 is 2.06 bits per heavy atom. The summed E-state index contributed by atoms with van der Waals surface area (Å²) >= 11 is 0. The van der Waals surface area contributed by atoms with E-state index in [1.807, 2.05) is 27.7 Å². The lowest BCUT2D eigenvalue weighted by Crippen LogP contribution is -2.31. The minimum atomic E-state index is -0.0955. The van der Waals surface area contributed by atoms with Gasteiger partial charge in [0.1, 0.15) is 0 Å². The molecule has 0 unspecified atom stereocenters. The molecule has 5 nitrogen and oxygen atoms in total. The summed E-state index contributed by atoms with van der Waals surface area (Å²) in [5.41, 5.74) is 6.60. The molecule has 0 radical (unpaired) electrons. The molecular formula is C11H20N4O. The van der Waals surface area contributed by atoms with Crippen LogP contribution in [0.2, 0.25) is 0 Å². The molecule has 2 N–H and O–H groups in total. The average molecular weight is 224 g/mol. The molecule has 0 bridgehead atoms. The Kier molecular flexibility index (Phi) is 3.93. The van der Waals surface area contributed by atoms with E-state index in [9.17, 15) is 4.79 Å². The first-order valence-electron chi connectivity index (χ1n) is 5.65. The highest BCUT2D eigenvalue weighted by atomic mass is 16.2. The van der Waals surface area contributed by atoms with Gasteiger partial charge in [-0.1, -0.05) is 0 Å². The van der Waals surface area contributed by atoms with Crippen LogP contribution in [-0.2, 0) is 0 Å². The number of amides is 1. The molecule has 5 heteroatoms. The lowest BCUT2D eigenvalue weighted by molar-refractivity contribution is 0.0767. The van der Waals surface area contributed by atoms with Crippen molar-refractivity contribution in [2.75, 3.05) is 18.8 Å². The molecule has 1 aromatic rings. The largest absolute Gasteiger partial charge is 0.396 e. The third-order valence-corrected chi connectivity index (χ3v) is 2.54. The lowest BCUT2D eigenvalue weighted by Gasteiger charge is -2.17. The molecule has 0 fully saturated rings. The summed E-state index contributed by atoms with van der Waals surface area (Å²) in [4.78, 5) is 13.7. The van der Waals surface area contributed by atoms with Crippen LogP contribution in [0.4, 0.5) is 5.69 Å². The smallest absolute Gasteiger partial charge is 0.276 e. The zero-order valence-corrected chi connectivity index (χ0v) is 10.4. The van der Waals surface area contributed by atoms with Gasteiger partial charge in [-0.3, -0.25) is 9.48 Å². The molecule has 0 aromatic carbocycles. The van der Waals surface area contributed by atoms with Crippen LogP contribution in [0.25, 0.3) is 0 Å². The van der Waals surface area contributed by atoms with Gasteiger partial charge < -0.3 is 10.6 Å². The molecule has 1 heterocycles. The number of nitrogen functional groups attached to an aromatic ring is 1. The van der Waals surface area contributed by atoms with Crippen molar-refractivity contribution in [2.45, 2.75) is 33.7 Å². The normalized spacial score (nSPS) is 10.8. The van der Waals surface area contributed by atoms with Gasteiger partial charge in [-0.05, 0) is 27.7 Å².